The van der Waals surface area contributed by atoms with Gasteiger partial charge >= 0.3 is 0 Å². The second-order valence-electron chi connectivity index (χ2n) is 7.04. The van der Waals surface area contributed by atoms with Gasteiger partial charge in [0.25, 0.3) is 0 Å². The topological polar surface area (TPSA) is 59.1 Å². The van der Waals surface area contributed by atoms with E-state index in [0.717, 1.165) is 36.7 Å². The summed E-state index contributed by atoms with van der Waals surface area (Å²) < 4.78 is 36.6. The Bertz CT molecular complexity index is 890. The monoisotopic (exact) mass is 388 g/mol. The van der Waals surface area contributed by atoms with Crippen molar-refractivity contribution >= 4 is 10.0 Å². The highest BCUT2D eigenvalue weighted by Crippen LogP contribution is 2.35. The minimum Gasteiger partial charge on any atom is -0.485 e. The molecule has 0 spiro atoms. The Morgan fingerprint density at radius 3 is 2.30 bits per heavy atom. The van der Waals surface area contributed by atoms with E-state index in [-0.39, 0.29) is 6.10 Å². The zero-order chi connectivity index (χ0) is 18.9. The SMILES string of the molecule is CS(=O)(=O)N1CCN(Cc2ccc([C@H]3COc4ccccc4O3)cc2)CC1. The van der Waals surface area contributed by atoms with Crippen LogP contribution in [0.1, 0.15) is 17.2 Å². The first-order valence-electron chi connectivity index (χ1n) is 9.14. The van der Waals surface area contributed by atoms with Crippen molar-refractivity contribution in [1.82, 2.24) is 9.21 Å². The molecule has 0 unspecified atom stereocenters. The molecule has 1 saturated heterocycles. The molecule has 2 aliphatic heterocycles. The van der Waals surface area contributed by atoms with Crippen molar-refractivity contribution in [3.63, 3.8) is 0 Å². The third kappa shape index (κ3) is 4.26. The Balaban J connectivity index is 1.35. The van der Waals surface area contributed by atoms with Crippen molar-refractivity contribution in [2.24, 2.45) is 0 Å². The van der Waals surface area contributed by atoms with Crippen LogP contribution in [0.2, 0.25) is 0 Å². The van der Waals surface area contributed by atoms with Gasteiger partial charge in [-0.2, -0.15) is 4.31 Å². The molecule has 2 aromatic rings. The number of hydrogen-bond donors (Lipinski definition) is 0. The summed E-state index contributed by atoms with van der Waals surface area (Å²) >= 11 is 0. The van der Waals surface area contributed by atoms with Crippen molar-refractivity contribution < 1.29 is 17.9 Å². The second-order valence-corrected chi connectivity index (χ2v) is 9.03. The quantitative estimate of drug-likeness (QED) is 0.804. The summed E-state index contributed by atoms with van der Waals surface area (Å²) in [6.07, 6.45) is 1.17. The van der Waals surface area contributed by atoms with E-state index in [0.29, 0.717) is 19.7 Å². The summed E-state index contributed by atoms with van der Waals surface area (Å²) in [7, 11) is -3.08. The van der Waals surface area contributed by atoms with Crippen LogP contribution in [0.4, 0.5) is 0 Å². The van der Waals surface area contributed by atoms with Crippen molar-refractivity contribution in [3.05, 3.63) is 59.7 Å². The van der Waals surface area contributed by atoms with E-state index >= 15 is 0 Å². The van der Waals surface area contributed by atoms with Gasteiger partial charge < -0.3 is 9.47 Å². The highest BCUT2D eigenvalue weighted by atomic mass is 32.2. The maximum atomic E-state index is 11.6. The Hall–Kier alpha value is -2.09. The number of fused-ring (bicyclic) bond motifs is 1. The van der Waals surface area contributed by atoms with Crippen LogP contribution in [0.25, 0.3) is 0 Å². The summed E-state index contributed by atoms with van der Waals surface area (Å²) in [6.45, 7) is 3.95. The van der Waals surface area contributed by atoms with Gasteiger partial charge in [-0.1, -0.05) is 36.4 Å². The van der Waals surface area contributed by atoms with E-state index in [9.17, 15) is 8.42 Å². The molecular weight excluding hydrogens is 364 g/mol. The molecular formula is C20H24N2O4S. The Morgan fingerprint density at radius 1 is 0.963 bits per heavy atom. The van der Waals surface area contributed by atoms with Crippen LogP contribution in [0.5, 0.6) is 11.5 Å². The van der Waals surface area contributed by atoms with Gasteiger partial charge in [0.1, 0.15) is 6.61 Å². The fourth-order valence-electron chi connectivity index (χ4n) is 3.50. The van der Waals surface area contributed by atoms with E-state index < -0.39 is 10.0 Å². The van der Waals surface area contributed by atoms with Gasteiger partial charge in [0, 0.05) is 32.7 Å². The smallest absolute Gasteiger partial charge is 0.211 e. The number of para-hydroxylation sites is 2. The lowest BCUT2D eigenvalue weighted by Gasteiger charge is -2.33. The van der Waals surface area contributed by atoms with Crippen molar-refractivity contribution in [1.29, 1.82) is 0 Å². The molecule has 6 nitrogen and oxygen atoms in total. The molecule has 27 heavy (non-hydrogen) atoms. The molecule has 1 fully saturated rings. The largest absolute Gasteiger partial charge is 0.485 e. The Morgan fingerprint density at radius 2 is 1.63 bits per heavy atom. The number of hydrogen-bond acceptors (Lipinski definition) is 5. The highest BCUT2D eigenvalue weighted by Gasteiger charge is 2.24. The molecule has 4 rings (SSSR count). The Labute approximate surface area is 160 Å². The lowest BCUT2D eigenvalue weighted by atomic mass is 10.1. The van der Waals surface area contributed by atoms with Crippen LogP contribution in [0, 0.1) is 0 Å². The first-order chi connectivity index (χ1) is 13.0. The molecule has 2 aliphatic rings. The predicted octanol–water partition coefficient (Wildman–Crippen LogP) is 2.28. The number of ether oxygens (including phenoxy) is 2. The van der Waals surface area contributed by atoms with E-state index in [4.69, 9.17) is 9.47 Å². The lowest BCUT2D eigenvalue weighted by Crippen LogP contribution is -2.47. The molecule has 0 aromatic heterocycles. The van der Waals surface area contributed by atoms with Crippen LogP contribution < -0.4 is 9.47 Å². The average Bonchev–Trinajstić information content (AvgIpc) is 2.68. The average molecular weight is 388 g/mol. The minimum absolute atomic E-state index is 0.104. The summed E-state index contributed by atoms with van der Waals surface area (Å²) in [4.78, 5) is 2.28. The normalized spacial score (nSPS) is 21.1. The number of benzene rings is 2. The van der Waals surface area contributed by atoms with E-state index in [1.54, 1.807) is 4.31 Å². The third-order valence-electron chi connectivity index (χ3n) is 5.07. The number of sulfonamides is 1. The number of rotatable bonds is 4. The van der Waals surface area contributed by atoms with Crippen molar-refractivity contribution in [3.8, 4) is 11.5 Å². The number of piperazine rings is 1. The molecule has 7 heteroatoms. The minimum atomic E-state index is -3.08. The van der Waals surface area contributed by atoms with Gasteiger partial charge in [0.15, 0.2) is 17.6 Å². The van der Waals surface area contributed by atoms with Gasteiger partial charge in [0.05, 0.1) is 6.26 Å². The summed E-state index contributed by atoms with van der Waals surface area (Å²) in [6, 6.07) is 16.1. The van der Waals surface area contributed by atoms with Crippen molar-refractivity contribution in [2.75, 3.05) is 39.0 Å². The fraction of sp³-hybridized carbons (Fsp3) is 0.400. The van der Waals surface area contributed by atoms with Gasteiger partial charge in [-0.25, -0.2) is 8.42 Å². The van der Waals surface area contributed by atoms with Gasteiger partial charge in [-0.05, 0) is 23.3 Å². The molecule has 2 aromatic carbocycles. The second kappa shape index (κ2) is 7.50. The maximum Gasteiger partial charge on any atom is 0.211 e. The summed E-state index contributed by atoms with van der Waals surface area (Å²) in [5.74, 6) is 1.57. The van der Waals surface area contributed by atoms with Crippen LogP contribution >= 0.6 is 0 Å². The van der Waals surface area contributed by atoms with Crippen LogP contribution in [-0.2, 0) is 16.6 Å². The van der Waals surface area contributed by atoms with Crippen molar-refractivity contribution in [2.45, 2.75) is 12.6 Å². The highest BCUT2D eigenvalue weighted by molar-refractivity contribution is 7.88. The zero-order valence-electron chi connectivity index (χ0n) is 15.4. The first kappa shape index (κ1) is 18.3. The predicted molar refractivity (Wildman–Crippen MR) is 103 cm³/mol. The fourth-order valence-corrected chi connectivity index (χ4v) is 4.33. The number of nitrogens with zero attached hydrogens (tertiary/aromatic N) is 2. The molecule has 2 heterocycles. The lowest BCUT2D eigenvalue weighted by molar-refractivity contribution is 0.0912. The third-order valence-corrected chi connectivity index (χ3v) is 6.37. The van der Waals surface area contributed by atoms with Gasteiger partial charge in [-0.15, -0.1) is 0 Å². The summed E-state index contributed by atoms with van der Waals surface area (Å²) in [5, 5.41) is 0. The molecule has 0 radical (unpaired) electrons. The summed E-state index contributed by atoms with van der Waals surface area (Å²) in [5.41, 5.74) is 2.30. The molecule has 0 saturated carbocycles. The van der Waals surface area contributed by atoms with Crippen LogP contribution in [0.15, 0.2) is 48.5 Å². The van der Waals surface area contributed by atoms with Gasteiger partial charge in [-0.3, -0.25) is 4.90 Å². The van der Waals surface area contributed by atoms with Gasteiger partial charge in [0.2, 0.25) is 10.0 Å². The molecule has 0 aliphatic carbocycles. The maximum absolute atomic E-state index is 11.6. The zero-order valence-corrected chi connectivity index (χ0v) is 16.2. The molecule has 0 amide bonds. The van der Waals surface area contributed by atoms with Crippen LogP contribution in [0.3, 0.4) is 0 Å². The molecule has 0 bridgehead atoms. The van der Waals surface area contributed by atoms with E-state index in [1.165, 1.54) is 11.8 Å². The Kier molecular flexibility index (Phi) is 5.08. The standard InChI is InChI=1S/C20H24N2O4S/c1-27(23,24)22-12-10-21(11-13-22)14-16-6-8-17(9-7-16)20-15-25-18-4-2-3-5-19(18)26-20/h2-9,20H,10-15H2,1H3/t20-/m1/s1. The molecule has 144 valence electrons. The first-order valence-corrected chi connectivity index (χ1v) is 11.0. The van der Waals surface area contributed by atoms with E-state index in [2.05, 4.69) is 29.2 Å². The molecule has 1 atom stereocenters. The molecule has 0 N–H and O–H groups in total. The van der Waals surface area contributed by atoms with Crippen LogP contribution in [-0.4, -0.2) is 56.7 Å². The van der Waals surface area contributed by atoms with E-state index in [1.807, 2.05) is 24.3 Å².